The third-order valence-electron chi connectivity index (χ3n) is 8.56. The zero-order valence-corrected chi connectivity index (χ0v) is 15.5. The normalized spacial score (nSPS) is 41.2. The maximum Gasteiger partial charge on any atom is -0.0355 e. The highest BCUT2D eigenvalue weighted by Gasteiger charge is 2.40. The van der Waals surface area contributed by atoms with Crippen LogP contribution in [0.5, 0.6) is 0 Å². The van der Waals surface area contributed by atoms with E-state index in [0.717, 1.165) is 35.5 Å². The summed E-state index contributed by atoms with van der Waals surface area (Å²) in [4.78, 5) is 0. The van der Waals surface area contributed by atoms with Gasteiger partial charge in [-0.3, -0.25) is 0 Å². The first-order chi connectivity index (χ1) is 11.4. The van der Waals surface area contributed by atoms with E-state index in [9.17, 15) is 0 Å². The van der Waals surface area contributed by atoms with Crippen LogP contribution in [0.25, 0.3) is 0 Å². The van der Waals surface area contributed by atoms with E-state index in [1.807, 2.05) is 0 Å². The van der Waals surface area contributed by atoms with Crippen LogP contribution >= 0.6 is 0 Å². The SMILES string of the molecule is C1CCC(C2CCCC(C3CCCCC3C3CCCC3)C2)CC1. The Hall–Kier alpha value is 0. The van der Waals surface area contributed by atoms with E-state index in [0.29, 0.717) is 0 Å². The predicted octanol–water partition coefficient (Wildman–Crippen LogP) is 7.37. The minimum Gasteiger partial charge on any atom is -0.0533 e. The minimum atomic E-state index is 1.13. The van der Waals surface area contributed by atoms with Gasteiger partial charge in [0, 0.05) is 0 Å². The summed E-state index contributed by atoms with van der Waals surface area (Å²) in [5.41, 5.74) is 0. The fourth-order valence-corrected chi connectivity index (χ4v) is 7.43. The predicted molar refractivity (Wildman–Crippen MR) is 99.4 cm³/mol. The van der Waals surface area contributed by atoms with E-state index in [1.54, 1.807) is 103 Å². The maximum atomic E-state index is 1.64. The van der Waals surface area contributed by atoms with Gasteiger partial charge in [-0.05, 0) is 54.8 Å². The van der Waals surface area contributed by atoms with Crippen LogP contribution in [0.3, 0.4) is 0 Å². The Balaban J connectivity index is 1.40. The van der Waals surface area contributed by atoms with Crippen molar-refractivity contribution in [3.05, 3.63) is 0 Å². The Morgan fingerprint density at radius 2 is 0.783 bits per heavy atom. The second-order valence-electron chi connectivity index (χ2n) is 9.74. The summed E-state index contributed by atoms with van der Waals surface area (Å²) in [5, 5.41) is 0. The summed E-state index contributed by atoms with van der Waals surface area (Å²) < 4.78 is 0. The first kappa shape index (κ1) is 16.5. The van der Waals surface area contributed by atoms with Gasteiger partial charge in [-0.2, -0.15) is 0 Å². The highest BCUT2D eigenvalue weighted by Crippen LogP contribution is 2.50. The van der Waals surface area contributed by atoms with E-state index < -0.39 is 0 Å². The molecule has 23 heavy (non-hydrogen) atoms. The Bertz CT molecular complexity index is 347. The summed E-state index contributed by atoms with van der Waals surface area (Å²) in [6.45, 7) is 0. The molecule has 4 fully saturated rings. The second kappa shape index (κ2) is 7.92. The van der Waals surface area contributed by atoms with Crippen molar-refractivity contribution in [2.24, 2.45) is 35.5 Å². The molecule has 0 saturated heterocycles. The molecule has 0 amide bonds. The molecule has 4 aliphatic rings. The van der Waals surface area contributed by atoms with Gasteiger partial charge in [0.05, 0.1) is 0 Å². The van der Waals surface area contributed by atoms with Gasteiger partial charge >= 0.3 is 0 Å². The molecule has 4 aliphatic carbocycles. The van der Waals surface area contributed by atoms with Crippen molar-refractivity contribution < 1.29 is 0 Å². The smallest absolute Gasteiger partial charge is 0.0355 e. The average molecular weight is 317 g/mol. The van der Waals surface area contributed by atoms with Crippen molar-refractivity contribution in [3.63, 3.8) is 0 Å². The number of hydrogen-bond acceptors (Lipinski definition) is 0. The fourth-order valence-electron chi connectivity index (χ4n) is 7.43. The maximum absolute atomic E-state index is 1.64. The summed E-state index contributed by atoms with van der Waals surface area (Å²) >= 11 is 0. The number of hydrogen-bond donors (Lipinski definition) is 0. The number of rotatable bonds is 3. The standard InChI is InChI=1S/C23H40/c1-2-9-18(10-3-1)20-13-8-14-21(17-20)23-16-7-6-15-22(23)19-11-4-5-12-19/h18-23H,1-17H2. The fraction of sp³-hybridized carbons (Fsp3) is 1.00. The van der Waals surface area contributed by atoms with Crippen molar-refractivity contribution in [1.29, 1.82) is 0 Å². The van der Waals surface area contributed by atoms with Crippen LogP contribution < -0.4 is 0 Å². The van der Waals surface area contributed by atoms with E-state index in [-0.39, 0.29) is 0 Å². The summed E-state index contributed by atoms with van der Waals surface area (Å²) in [5.74, 6) is 6.79. The van der Waals surface area contributed by atoms with Crippen molar-refractivity contribution in [2.45, 2.75) is 109 Å². The zero-order valence-electron chi connectivity index (χ0n) is 15.5. The molecule has 0 heteroatoms. The van der Waals surface area contributed by atoms with Gasteiger partial charge < -0.3 is 0 Å². The first-order valence-corrected chi connectivity index (χ1v) is 11.4. The summed E-state index contributed by atoms with van der Waals surface area (Å²) in [7, 11) is 0. The van der Waals surface area contributed by atoms with Crippen LogP contribution in [0.1, 0.15) is 109 Å². The van der Waals surface area contributed by atoms with Crippen molar-refractivity contribution in [2.75, 3.05) is 0 Å². The van der Waals surface area contributed by atoms with Crippen LogP contribution in [0.4, 0.5) is 0 Å². The third-order valence-corrected chi connectivity index (χ3v) is 8.56. The molecular formula is C23H40. The van der Waals surface area contributed by atoms with Gasteiger partial charge in [0.2, 0.25) is 0 Å². The lowest BCUT2D eigenvalue weighted by Crippen LogP contribution is -2.35. The van der Waals surface area contributed by atoms with Crippen LogP contribution in [0.15, 0.2) is 0 Å². The van der Waals surface area contributed by atoms with Crippen molar-refractivity contribution >= 4 is 0 Å². The molecule has 0 aromatic carbocycles. The largest absolute Gasteiger partial charge is 0.0533 e. The molecule has 4 rings (SSSR count). The lowest BCUT2D eigenvalue weighted by atomic mass is 9.60. The average Bonchev–Trinajstić information content (AvgIpc) is 3.17. The van der Waals surface area contributed by atoms with E-state index in [4.69, 9.17) is 0 Å². The van der Waals surface area contributed by atoms with Gasteiger partial charge in [-0.25, -0.2) is 0 Å². The Kier molecular flexibility index (Phi) is 5.67. The van der Waals surface area contributed by atoms with Crippen LogP contribution in [0.2, 0.25) is 0 Å². The Labute approximate surface area is 145 Å². The molecule has 132 valence electrons. The third kappa shape index (κ3) is 3.82. The van der Waals surface area contributed by atoms with Crippen LogP contribution in [0, 0.1) is 35.5 Å². The molecule has 0 aromatic rings. The molecule has 0 aliphatic heterocycles. The molecule has 0 radical (unpaired) electrons. The molecule has 0 nitrogen and oxygen atoms in total. The van der Waals surface area contributed by atoms with E-state index in [2.05, 4.69) is 0 Å². The molecule has 0 aromatic heterocycles. The Morgan fingerprint density at radius 1 is 0.304 bits per heavy atom. The molecule has 0 N–H and O–H groups in total. The quantitative estimate of drug-likeness (QED) is 0.510. The topological polar surface area (TPSA) is 0 Å². The Morgan fingerprint density at radius 3 is 1.52 bits per heavy atom. The lowest BCUT2D eigenvalue weighted by Gasteiger charge is -2.45. The molecule has 0 heterocycles. The van der Waals surface area contributed by atoms with Crippen LogP contribution in [-0.2, 0) is 0 Å². The lowest BCUT2D eigenvalue weighted by molar-refractivity contribution is 0.0544. The molecule has 4 atom stereocenters. The molecular weight excluding hydrogens is 276 g/mol. The molecule has 0 spiro atoms. The monoisotopic (exact) mass is 316 g/mol. The van der Waals surface area contributed by atoms with Gasteiger partial charge in [-0.15, -0.1) is 0 Å². The van der Waals surface area contributed by atoms with E-state index in [1.165, 1.54) is 6.42 Å². The first-order valence-electron chi connectivity index (χ1n) is 11.4. The van der Waals surface area contributed by atoms with Crippen molar-refractivity contribution in [1.82, 2.24) is 0 Å². The van der Waals surface area contributed by atoms with Crippen LogP contribution in [-0.4, -0.2) is 0 Å². The highest BCUT2D eigenvalue weighted by atomic mass is 14.5. The highest BCUT2D eigenvalue weighted by molar-refractivity contribution is 4.90. The molecule has 4 saturated carbocycles. The van der Waals surface area contributed by atoms with Gasteiger partial charge in [-0.1, -0.05) is 89.9 Å². The summed E-state index contributed by atoms with van der Waals surface area (Å²) in [6, 6.07) is 0. The minimum absolute atomic E-state index is 1.13. The van der Waals surface area contributed by atoms with Gasteiger partial charge in [0.25, 0.3) is 0 Å². The summed E-state index contributed by atoms with van der Waals surface area (Å²) in [6.07, 6.45) is 26.7. The second-order valence-corrected chi connectivity index (χ2v) is 9.74. The van der Waals surface area contributed by atoms with Crippen molar-refractivity contribution in [3.8, 4) is 0 Å². The van der Waals surface area contributed by atoms with E-state index >= 15 is 0 Å². The molecule has 0 bridgehead atoms. The van der Waals surface area contributed by atoms with Gasteiger partial charge in [0.1, 0.15) is 0 Å². The molecule has 4 unspecified atom stereocenters. The van der Waals surface area contributed by atoms with Gasteiger partial charge in [0.15, 0.2) is 0 Å². The zero-order chi connectivity index (χ0) is 15.5.